The van der Waals surface area contributed by atoms with Crippen LogP contribution in [-0.4, -0.2) is 15.1 Å². The zero-order valence-corrected chi connectivity index (χ0v) is 7.53. The molecule has 0 saturated heterocycles. The van der Waals surface area contributed by atoms with E-state index >= 15 is 0 Å². The lowest BCUT2D eigenvalue weighted by Crippen LogP contribution is -2.12. The molecule has 0 atom stereocenters. The molecule has 1 aromatic carbocycles. The number of aromatic nitrogens is 2. The Morgan fingerprint density at radius 1 is 1.31 bits per heavy atom. The Bertz CT molecular complexity index is 653. The molecule has 1 N–H and O–H groups in total. The van der Waals surface area contributed by atoms with Crippen molar-refractivity contribution in [1.82, 2.24) is 10.2 Å². The van der Waals surface area contributed by atoms with Gasteiger partial charge in [-0.2, -0.15) is 5.10 Å². The summed E-state index contributed by atoms with van der Waals surface area (Å²) in [6, 6.07) is 1.31. The number of aromatic amines is 1. The highest BCUT2D eigenvalue weighted by Crippen LogP contribution is 2.14. The minimum Gasteiger partial charge on any atom is -0.358 e. The third kappa shape index (κ3) is 1.40. The van der Waals surface area contributed by atoms with Gasteiger partial charge in [0.05, 0.1) is 16.0 Å². The topological polar surface area (TPSA) is 88.9 Å². The molecule has 1 aromatic heterocycles. The summed E-state index contributed by atoms with van der Waals surface area (Å²) in [6.45, 7) is 0. The van der Waals surface area contributed by atoms with Crippen molar-refractivity contribution in [1.29, 1.82) is 0 Å². The van der Waals surface area contributed by atoms with Crippen LogP contribution in [0.5, 0.6) is 0 Å². The predicted molar refractivity (Wildman–Crippen MR) is 48.9 cm³/mol. The number of H-pyrrole nitrogens is 1. The zero-order valence-electron chi connectivity index (χ0n) is 7.53. The van der Waals surface area contributed by atoms with E-state index in [1.54, 1.807) is 0 Å². The van der Waals surface area contributed by atoms with Gasteiger partial charge < -0.3 is 10.1 Å². The molecule has 2 aromatic rings. The Labute approximate surface area is 85.7 Å². The molecule has 0 aliphatic rings. The number of rotatable bonds is 1. The van der Waals surface area contributed by atoms with Crippen molar-refractivity contribution in [2.24, 2.45) is 0 Å². The van der Waals surface area contributed by atoms with Gasteiger partial charge in [-0.3, -0.25) is 4.79 Å². The standard InChI is InChI=1S/C8H3F2N3O3/c9-4-1-3-6(2-5(4)10)11-12-8(7(3)14)13(15)16/h1-2H,(H,11,14). The lowest BCUT2D eigenvalue weighted by Gasteiger charge is -1.97. The molecule has 0 aliphatic heterocycles. The second kappa shape index (κ2) is 3.33. The lowest BCUT2D eigenvalue weighted by atomic mass is 10.2. The average molecular weight is 227 g/mol. The minimum absolute atomic E-state index is 0.102. The van der Waals surface area contributed by atoms with Gasteiger partial charge in [0, 0.05) is 6.07 Å². The van der Waals surface area contributed by atoms with Crippen LogP contribution in [0.3, 0.4) is 0 Å². The normalized spacial score (nSPS) is 10.6. The van der Waals surface area contributed by atoms with E-state index in [0.29, 0.717) is 12.1 Å². The van der Waals surface area contributed by atoms with Crippen molar-refractivity contribution in [3.63, 3.8) is 0 Å². The summed E-state index contributed by atoms with van der Waals surface area (Å²) in [7, 11) is 0. The highest BCUT2D eigenvalue weighted by molar-refractivity contribution is 5.79. The second-order valence-corrected chi connectivity index (χ2v) is 2.95. The quantitative estimate of drug-likeness (QED) is 0.583. The van der Waals surface area contributed by atoms with E-state index in [0.717, 1.165) is 0 Å². The van der Waals surface area contributed by atoms with Crippen LogP contribution in [0.15, 0.2) is 16.9 Å². The molecule has 0 fully saturated rings. The molecule has 6 nitrogen and oxygen atoms in total. The Morgan fingerprint density at radius 3 is 2.56 bits per heavy atom. The monoisotopic (exact) mass is 227 g/mol. The highest BCUT2D eigenvalue weighted by Gasteiger charge is 2.18. The second-order valence-electron chi connectivity index (χ2n) is 2.95. The van der Waals surface area contributed by atoms with Crippen LogP contribution in [0, 0.1) is 21.7 Å². The van der Waals surface area contributed by atoms with Crippen molar-refractivity contribution in [3.8, 4) is 0 Å². The molecular weight excluding hydrogens is 224 g/mol. The lowest BCUT2D eigenvalue weighted by molar-refractivity contribution is -0.391. The number of nitro groups is 1. The Hall–Kier alpha value is -2.38. The van der Waals surface area contributed by atoms with Gasteiger partial charge in [-0.1, -0.05) is 0 Å². The van der Waals surface area contributed by atoms with Gasteiger partial charge in [0.2, 0.25) is 0 Å². The average Bonchev–Trinajstić information content (AvgIpc) is 2.21. The van der Waals surface area contributed by atoms with Gasteiger partial charge in [0.1, 0.15) is 0 Å². The maximum Gasteiger partial charge on any atom is 0.436 e. The Morgan fingerprint density at radius 2 is 1.94 bits per heavy atom. The summed E-state index contributed by atoms with van der Waals surface area (Å²) in [5.74, 6) is -3.38. The van der Waals surface area contributed by atoms with Gasteiger partial charge in [-0.15, -0.1) is 0 Å². The predicted octanol–water partition coefficient (Wildman–Crippen LogP) is 1.11. The minimum atomic E-state index is -1.25. The maximum absolute atomic E-state index is 12.8. The largest absolute Gasteiger partial charge is 0.436 e. The van der Waals surface area contributed by atoms with Crippen molar-refractivity contribution in [2.75, 3.05) is 0 Å². The van der Waals surface area contributed by atoms with Crippen molar-refractivity contribution in [3.05, 3.63) is 44.1 Å². The van der Waals surface area contributed by atoms with E-state index in [-0.39, 0.29) is 10.9 Å². The summed E-state index contributed by atoms with van der Waals surface area (Å²) in [4.78, 5) is 20.8. The molecule has 8 heteroatoms. The fourth-order valence-electron chi connectivity index (χ4n) is 1.24. The Kier molecular flexibility index (Phi) is 2.11. The number of hydrogen-bond acceptors (Lipinski definition) is 4. The van der Waals surface area contributed by atoms with E-state index in [4.69, 9.17) is 0 Å². The highest BCUT2D eigenvalue weighted by atomic mass is 19.2. The number of nitrogens with one attached hydrogen (secondary N) is 1. The summed E-state index contributed by atoms with van der Waals surface area (Å²) >= 11 is 0. The van der Waals surface area contributed by atoms with Crippen molar-refractivity contribution in [2.45, 2.75) is 0 Å². The number of fused-ring (bicyclic) bond motifs is 1. The van der Waals surface area contributed by atoms with Gasteiger partial charge in [-0.25, -0.2) is 8.78 Å². The molecule has 2 rings (SSSR count). The summed E-state index contributed by atoms with van der Waals surface area (Å²) in [6.07, 6.45) is 0. The SMILES string of the molecule is O=c1c([N+](=O)[O-])n[nH]c2cc(F)c(F)cc12. The Balaban J connectivity index is 2.90. The summed E-state index contributed by atoms with van der Waals surface area (Å²) in [5, 5.41) is 15.3. The first-order chi connectivity index (χ1) is 7.50. The molecule has 0 amide bonds. The fraction of sp³-hybridized carbons (Fsp3) is 0. The van der Waals surface area contributed by atoms with Crippen LogP contribution in [0.4, 0.5) is 14.6 Å². The van der Waals surface area contributed by atoms with Crippen LogP contribution >= 0.6 is 0 Å². The molecule has 0 saturated carbocycles. The molecule has 0 radical (unpaired) electrons. The molecule has 16 heavy (non-hydrogen) atoms. The molecule has 0 aliphatic carbocycles. The van der Waals surface area contributed by atoms with Crippen LogP contribution < -0.4 is 5.43 Å². The van der Waals surface area contributed by atoms with Crippen molar-refractivity contribution >= 4 is 16.7 Å². The smallest absolute Gasteiger partial charge is 0.358 e. The molecular formula is C8H3F2N3O3. The molecule has 0 unspecified atom stereocenters. The number of halogens is 2. The van der Waals surface area contributed by atoms with Gasteiger partial charge >= 0.3 is 5.82 Å². The van der Waals surface area contributed by atoms with Crippen LogP contribution in [0.2, 0.25) is 0 Å². The van der Waals surface area contributed by atoms with Crippen LogP contribution in [-0.2, 0) is 0 Å². The zero-order chi connectivity index (χ0) is 11.9. The molecule has 82 valence electrons. The van der Waals surface area contributed by atoms with E-state index in [9.17, 15) is 23.7 Å². The third-order valence-corrected chi connectivity index (χ3v) is 1.96. The van der Waals surface area contributed by atoms with Gasteiger partial charge in [0.15, 0.2) is 11.6 Å². The first kappa shape index (κ1) is 10.1. The number of nitrogens with zero attached hydrogens (tertiary/aromatic N) is 2. The van der Waals surface area contributed by atoms with E-state index < -0.39 is 27.8 Å². The molecule has 0 spiro atoms. The molecule has 0 bridgehead atoms. The van der Waals surface area contributed by atoms with Crippen LogP contribution in [0.1, 0.15) is 0 Å². The maximum atomic E-state index is 12.8. The molecule has 1 heterocycles. The van der Waals surface area contributed by atoms with Gasteiger partial charge in [-0.05, 0) is 11.0 Å². The third-order valence-electron chi connectivity index (χ3n) is 1.96. The van der Waals surface area contributed by atoms with Crippen LogP contribution in [0.25, 0.3) is 10.9 Å². The fourth-order valence-corrected chi connectivity index (χ4v) is 1.24. The van der Waals surface area contributed by atoms with E-state index in [1.807, 2.05) is 0 Å². The summed E-state index contributed by atoms with van der Waals surface area (Å²) < 4.78 is 25.6. The number of benzene rings is 1. The van der Waals surface area contributed by atoms with E-state index in [2.05, 4.69) is 10.2 Å². The summed E-state index contributed by atoms with van der Waals surface area (Å²) in [5.41, 5.74) is -1.16. The number of hydrogen-bond donors (Lipinski definition) is 1. The van der Waals surface area contributed by atoms with E-state index in [1.165, 1.54) is 0 Å². The van der Waals surface area contributed by atoms with Gasteiger partial charge in [0.25, 0.3) is 5.43 Å². The first-order valence-electron chi connectivity index (χ1n) is 4.02. The first-order valence-corrected chi connectivity index (χ1v) is 4.02. The van der Waals surface area contributed by atoms with Crippen molar-refractivity contribution < 1.29 is 13.7 Å².